The molecule has 0 aliphatic heterocycles. The number of nitrogens with zero attached hydrogens (tertiary/aromatic N) is 3. The lowest BCUT2D eigenvalue weighted by Crippen LogP contribution is -2.14. The first kappa shape index (κ1) is 20.1. The molecule has 0 saturated carbocycles. The zero-order chi connectivity index (χ0) is 21.1. The van der Waals surface area contributed by atoms with Gasteiger partial charge in [0.25, 0.3) is 0 Å². The van der Waals surface area contributed by atoms with Crippen molar-refractivity contribution in [2.75, 3.05) is 5.32 Å². The van der Waals surface area contributed by atoms with E-state index in [1.54, 1.807) is 30.2 Å². The summed E-state index contributed by atoms with van der Waals surface area (Å²) in [6.45, 7) is 4.05. The van der Waals surface area contributed by atoms with Crippen molar-refractivity contribution in [1.29, 1.82) is 5.26 Å². The van der Waals surface area contributed by atoms with Crippen LogP contribution in [0.4, 0.5) is 5.13 Å². The Labute approximate surface area is 181 Å². The molecule has 0 aliphatic rings. The summed E-state index contributed by atoms with van der Waals surface area (Å²) < 4.78 is 6.45. The topological polar surface area (TPSA) is 91.8 Å². The second-order valence-electron chi connectivity index (χ2n) is 6.84. The molecule has 0 radical (unpaired) electrons. The van der Waals surface area contributed by atoms with Gasteiger partial charge in [0, 0.05) is 16.7 Å². The lowest BCUT2D eigenvalue weighted by Gasteiger charge is -2.02. The van der Waals surface area contributed by atoms with E-state index >= 15 is 0 Å². The quantitative estimate of drug-likeness (QED) is 0.329. The zero-order valence-electron chi connectivity index (χ0n) is 16.4. The van der Waals surface area contributed by atoms with E-state index in [9.17, 15) is 4.79 Å². The summed E-state index contributed by atoms with van der Waals surface area (Å²) in [6, 6.07) is 13.6. The summed E-state index contributed by atoms with van der Waals surface area (Å²) in [7, 11) is 0. The molecule has 0 saturated heterocycles. The third-order valence-corrected chi connectivity index (χ3v) is 6.83. The van der Waals surface area contributed by atoms with Crippen LogP contribution in [0.25, 0.3) is 11.0 Å². The van der Waals surface area contributed by atoms with Crippen LogP contribution in [0.3, 0.4) is 0 Å². The lowest BCUT2D eigenvalue weighted by molar-refractivity contribution is -0.115. The average molecular weight is 435 g/mol. The molecule has 0 unspecified atom stereocenters. The predicted molar refractivity (Wildman–Crippen MR) is 119 cm³/mol. The van der Waals surface area contributed by atoms with Crippen molar-refractivity contribution in [2.24, 2.45) is 0 Å². The van der Waals surface area contributed by atoms with Gasteiger partial charge >= 0.3 is 0 Å². The first-order valence-corrected chi connectivity index (χ1v) is 11.0. The highest BCUT2D eigenvalue weighted by molar-refractivity contribution is 8.00. The first-order valence-electron chi connectivity index (χ1n) is 9.25. The van der Waals surface area contributed by atoms with E-state index in [1.807, 2.05) is 38.1 Å². The largest absolute Gasteiger partial charge is 0.464 e. The molecule has 1 amide bonds. The van der Waals surface area contributed by atoms with Crippen molar-refractivity contribution in [1.82, 2.24) is 10.2 Å². The normalized spacial score (nSPS) is 10.8. The zero-order valence-corrected chi connectivity index (χ0v) is 18.1. The van der Waals surface area contributed by atoms with Crippen molar-refractivity contribution in [3.63, 3.8) is 0 Å². The van der Waals surface area contributed by atoms with Gasteiger partial charge in [0.15, 0.2) is 4.34 Å². The summed E-state index contributed by atoms with van der Waals surface area (Å²) in [5.41, 5.74) is 5.67. The molecule has 0 atom stereocenters. The number of carbonyl (C=O) groups excluding carboxylic acids is 1. The number of nitrogens with one attached hydrogen (secondary N) is 1. The Morgan fingerprint density at radius 3 is 2.77 bits per heavy atom. The predicted octanol–water partition coefficient (Wildman–Crippen LogP) is 5.25. The standard InChI is InChI=1S/C22H18N4O2S2/c1-13-3-8-18-17(11-28-20(18)14(13)2)9-19(27)24-21-25-26-22(30-21)29-12-16-6-4-15(10-23)5-7-16/h3-8,11H,9,12H2,1-2H3,(H,24,25,27). The van der Waals surface area contributed by atoms with Crippen LogP contribution in [0.15, 0.2) is 51.4 Å². The Bertz CT molecular complexity index is 1250. The van der Waals surface area contributed by atoms with Crippen molar-refractivity contribution in [3.8, 4) is 6.07 Å². The Kier molecular flexibility index (Phi) is 5.84. The molecule has 0 aliphatic carbocycles. The van der Waals surface area contributed by atoms with Gasteiger partial charge in [-0.15, -0.1) is 10.2 Å². The molecule has 2 aromatic heterocycles. The number of nitriles is 1. The number of aromatic nitrogens is 2. The molecule has 0 fully saturated rings. The number of hydrogen-bond acceptors (Lipinski definition) is 7. The van der Waals surface area contributed by atoms with Crippen molar-refractivity contribution in [2.45, 2.75) is 30.4 Å². The highest BCUT2D eigenvalue weighted by Gasteiger charge is 2.14. The van der Waals surface area contributed by atoms with E-state index in [-0.39, 0.29) is 12.3 Å². The summed E-state index contributed by atoms with van der Waals surface area (Å²) in [6.07, 6.45) is 1.86. The lowest BCUT2D eigenvalue weighted by atomic mass is 10.0. The number of anilines is 1. The minimum absolute atomic E-state index is 0.157. The maximum atomic E-state index is 12.5. The Morgan fingerprint density at radius 2 is 2.00 bits per heavy atom. The SMILES string of the molecule is Cc1ccc2c(CC(=O)Nc3nnc(SCc4ccc(C#N)cc4)s3)coc2c1C. The van der Waals surface area contributed by atoms with E-state index in [0.29, 0.717) is 16.4 Å². The minimum atomic E-state index is -0.157. The molecular formula is C22H18N4O2S2. The molecule has 0 spiro atoms. The molecule has 4 aromatic rings. The molecule has 0 bridgehead atoms. The van der Waals surface area contributed by atoms with E-state index in [2.05, 4.69) is 21.6 Å². The number of thioether (sulfide) groups is 1. The second-order valence-corrected chi connectivity index (χ2v) is 9.04. The number of amides is 1. The minimum Gasteiger partial charge on any atom is -0.464 e. The van der Waals surface area contributed by atoms with Crippen LogP contribution in [0.2, 0.25) is 0 Å². The van der Waals surface area contributed by atoms with E-state index in [1.165, 1.54) is 11.3 Å². The molecule has 2 aromatic carbocycles. The fraction of sp³-hybridized carbons (Fsp3) is 0.182. The smallest absolute Gasteiger partial charge is 0.230 e. The summed E-state index contributed by atoms with van der Waals surface area (Å²) in [4.78, 5) is 12.5. The highest BCUT2D eigenvalue weighted by Crippen LogP contribution is 2.29. The number of aryl methyl sites for hydroxylation is 2. The van der Waals surface area contributed by atoms with Crippen molar-refractivity contribution in [3.05, 3.63) is 70.5 Å². The summed E-state index contributed by atoms with van der Waals surface area (Å²) in [5, 5.41) is 21.3. The summed E-state index contributed by atoms with van der Waals surface area (Å²) >= 11 is 2.88. The molecule has 4 rings (SSSR count). The van der Waals surface area contributed by atoms with Gasteiger partial charge in [-0.25, -0.2) is 0 Å². The maximum absolute atomic E-state index is 12.5. The van der Waals surface area contributed by atoms with Gasteiger partial charge in [-0.1, -0.05) is 47.4 Å². The number of fused-ring (bicyclic) bond motifs is 1. The van der Waals surface area contributed by atoms with E-state index < -0.39 is 0 Å². The number of carbonyl (C=O) groups is 1. The van der Waals surface area contributed by atoms with Gasteiger partial charge in [-0.3, -0.25) is 4.79 Å². The maximum Gasteiger partial charge on any atom is 0.230 e. The van der Waals surface area contributed by atoms with Gasteiger partial charge < -0.3 is 9.73 Å². The van der Waals surface area contributed by atoms with Crippen LogP contribution in [0.1, 0.15) is 27.8 Å². The molecule has 8 heteroatoms. The Hall–Kier alpha value is -3.15. The van der Waals surface area contributed by atoms with Crippen LogP contribution in [0.5, 0.6) is 0 Å². The molecule has 30 heavy (non-hydrogen) atoms. The van der Waals surface area contributed by atoms with Gasteiger partial charge in [0.05, 0.1) is 24.3 Å². The van der Waals surface area contributed by atoms with Gasteiger partial charge in [0.2, 0.25) is 11.0 Å². The fourth-order valence-electron chi connectivity index (χ4n) is 3.00. The number of hydrogen-bond donors (Lipinski definition) is 1. The van der Waals surface area contributed by atoms with Crippen molar-refractivity contribution >= 4 is 45.1 Å². The van der Waals surface area contributed by atoms with Crippen LogP contribution in [0, 0.1) is 25.2 Å². The average Bonchev–Trinajstić information content (AvgIpc) is 3.37. The Balaban J connectivity index is 1.36. The molecule has 150 valence electrons. The monoisotopic (exact) mass is 434 g/mol. The van der Waals surface area contributed by atoms with Crippen molar-refractivity contribution < 1.29 is 9.21 Å². The van der Waals surface area contributed by atoms with Crippen LogP contribution < -0.4 is 5.32 Å². The second kappa shape index (κ2) is 8.69. The van der Waals surface area contributed by atoms with E-state index in [4.69, 9.17) is 9.68 Å². The van der Waals surface area contributed by atoms with Crippen LogP contribution >= 0.6 is 23.1 Å². The molecule has 2 heterocycles. The summed E-state index contributed by atoms with van der Waals surface area (Å²) in [5.74, 6) is 0.560. The number of rotatable bonds is 6. The Morgan fingerprint density at radius 1 is 1.20 bits per heavy atom. The van der Waals surface area contributed by atoms with Crippen LogP contribution in [-0.2, 0) is 17.0 Å². The first-order chi connectivity index (χ1) is 14.5. The molecule has 1 N–H and O–H groups in total. The van der Waals surface area contributed by atoms with Gasteiger partial charge in [-0.05, 0) is 42.7 Å². The molecular weight excluding hydrogens is 416 g/mol. The third kappa shape index (κ3) is 4.37. The highest BCUT2D eigenvalue weighted by atomic mass is 32.2. The number of furan rings is 1. The molecule has 6 nitrogen and oxygen atoms in total. The fourth-order valence-corrected chi connectivity index (χ4v) is 4.72. The van der Waals surface area contributed by atoms with Gasteiger partial charge in [0.1, 0.15) is 5.58 Å². The van der Waals surface area contributed by atoms with Gasteiger partial charge in [-0.2, -0.15) is 5.26 Å². The van der Waals surface area contributed by atoms with E-state index in [0.717, 1.165) is 37.6 Å². The number of benzene rings is 2. The van der Waals surface area contributed by atoms with Crippen LogP contribution in [-0.4, -0.2) is 16.1 Å². The third-order valence-electron chi connectivity index (χ3n) is 4.79.